The van der Waals surface area contributed by atoms with Gasteiger partial charge < -0.3 is 9.52 Å². The summed E-state index contributed by atoms with van der Waals surface area (Å²) in [6.07, 6.45) is 0. The van der Waals surface area contributed by atoms with E-state index in [2.05, 4.69) is 15.9 Å². The molecule has 1 aromatic heterocycles. The van der Waals surface area contributed by atoms with Crippen LogP contribution in [-0.4, -0.2) is 16.4 Å². The minimum absolute atomic E-state index is 0.152. The molecule has 0 aliphatic rings. The van der Waals surface area contributed by atoms with Crippen molar-refractivity contribution < 1.29 is 14.3 Å². The largest absolute Gasteiger partial charge is 0.481 e. The number of rotatable bonds is 3. The molecule has 4 nitrogen and oxygen atoms in total. The number of alkyl halides is 1. The summed E-state index contributed by atoms with van der Waals surface area (Å²) in [6.45, 7) is 1.62. The van der Waals surface area contributed by atoms with Crippen LogP contribution in [0.1, 0.15) is 12.5 Å². The molecule has 22 heavy (non-hydrogen) atoms. The lowest BCUT2D eigenvalue weighted by molar-refractivity contribution is -0.142. The zero-order chi connectivity index (χ0) is 15.9. The highest BCUT2D eigenvalue weighted by Crippen LogP contribution is 2.29. The molecule has 1 unspecified atom stereocenters. The molecule has 3 aromatic rings. The first-order chi connectivity index (χ1) is 10.5. The van der Waals surface area contributed by atoms with Gasteiger partial charge in [0.05, 0.1) is 16.2 Å². The Bertz CT molecular complexity index is 944. The number of benzene rings is 2. The van der Waals surface area contributed by atoms with Crippen molar-refractivity contribution in [3.05, 3.63) is 58.3 Å². The van der Waals surface area contributed by atoms with Crippen molar-refractivity contribution in [3.8, 4) is 0 Å². The van der Waals surface area contributed by atoms with Crippen LogP contribution >= 0.6 is 15.9 Å². The SMILES string of the molecule is CC(CBr)(C(=O)O)c1ccc2oc3ccccc3c(=O)c2c1. The minimum atomic E-state index is -1.10. The maximum absolute atomic E-state index is 12.6. The van der Waals surface area contributed by atoms with Gasteiger partial charge in [0, 0.05) is 5.33 Å². The normalized spacial score (nSPS) is 14.1. The number of carboxylic acids is 1. The molecule has 5 heteroatoms. The van der Waals surface area contributed by atoms with Crippen LogP contribution in [0.25, 0.3) is 21.9 Å². The van der Waals surface area contributed by atoms with Gasteiger partial charge in [0.25, 0.3) is 0 Å². The van der Waals surface area contributed by atoms with Gasteiger partial charge in [-0.1, -0.05) is 34.1 Å². The summed E-state index contributed by atoms with van der Waals surface area (Å²) in [5.74, 6) is -0.950. The monoisotopic (exact) mass is 360 g/mol. The Balaban J connectivity index is 2.35. The Kier molecular flexibility index (Phi) is 3.53. The molecule has 0 aliphatic carbocycles. The zero-order valence-electron chi connectivity index (χ0n) is 11.8. The molecule has 0 saturated carbocycles. The molecule has 0 aliphatic heterocycles. The van der Waals surface area contributed by atoms with Crippen molar-refractivity contribution in [1.82, 2.24) is 0 Å². The van der Waals surface area contributed by atoms with Gasteiger partial charge in [0.1, 0.15) is 11.2 Å². The number of halogens is 1. The topological polar surface area (TPSA) is 67.5 Å². The second-order valence-electron chi connectivity index (χ2n) is 5.41. The number of hydrogen-bond acceptors (Lipinski definition) is 3. The van der Waals surface area contributed by atoms with E-state index >= 15 is 0 Å². The number of hydrogen-bond donors (Lipinski definition) is 1. The Morgan fingerprint density at radius 2 is 1.86 bits per heavy atom. The van der Waals surface area contributed by atoms with E-state index in [1.54, 1.807) is 49.4 Å². The molecule has 1 heterocycles. The molecule has 112 valence electrons. The number of aliphatic carboxylic acids is 1. The first kappa shape index (κ1) is 14.8. The van der Waals surface area contributed by atoms with Gasteiger partial charge >= 0.3 is 5.97 Å². The highest BCUT2D eigenvalue weighted by molar-refractivity contribution is 9.09. The van der Waals surface area contributed by atoms with Crippen molar-refractivity contribution in [1.29, 1.82) is 0 Å². The van der Waals surface area contributed by atoms with Crippen LogP contribution in [0.15, 0.2) is 51.7 Å². The zero-order valence-corrected chi connectivity index (χ0v) is 13.4. The lowest BCUT2D eigenvalue weighted by atomic mass is 9.84. The fraction of sp³-hybridized carbons (Fsp3) is 0.176. The van der Waals surface area contributed by atoms with Crippen molar-refractivity contribution in [2.45, 2.75) is 12.3 Å². The van der Waals surface area contributed by atoms with E-state index in [-0.39, 0.29) is 10.8 Å². The summed E-state index contributed by atoms with van der Waals surface area (Å²) in [7, 11) is 0. The molecule has 0 bridgehead atoms. The number of carbonyl (C=O) groups is 1. The standard InChI is InChI=1S/C17H13BrO4/c1-17(9-18,16(20)21)10-6-7-14-12(8-10)15(19)11-4-2-3-5-13(11)22-14/h2-8H,9H2,1H3,(H,20,21). The molecule has 0 saturated heterocycles. The van der Waals surface area contributed by atoms with Gasteiger partial charge in [0.2, 0.25) is 5.43 Å². The molecule has 0 radical (unpaired) electrons. The summed E-state index contributed by atoms with van der Waals surface area (Å²) >= 11 is 3.25. The van der Waals surface area contributed by atoms with Gasteiger partial charge in [0.15, 0.2) is 0 Å². The molecule has 0 fully saturated rings. The van der Waals surface area contributed by atoms with Crippen LogP contribution in [0.5, 0.6) is 0 Å². The van der Waals surface area contributed by atoms with Gasteiger partial charge in [-0.05, 0) is 36.8 Å². The maximum atomic E-state index is 12.6. The van der Waals surface area contributed by atoms with Crippen LogP contribution < -0.4 is 5.43 Å². The van der Waals surface area contributed by atoms with Crippen LogP contribution in [0, 0.1) is 0 Å². The number of para-hydroxylation sites is 1. The Hall–Kier alpha value is -2.14. The third-order valence-corrected chi connectivity index (χ3v) is 5.07. The summed E-state index contributed by atoms with van der Waals surface area (Å²) in [5, 5.41) is 10.6. The van der Waals surface area contributed by atoms with E-state index in [0.29, 0.717) is 27.5 Å². The number of carboxylic acid groups (broad SMARTS) is 1. The Morgan fingerprint density at radius 1 is 1.18 bits per heavy atom. The lowest BCUT2D eigenvalue weighted by Crippen LogP contribution is -2.34. The minimum Gasteiger partial charge on any atom is -0.481 e. The molecule has 1 atom stereocenters. The quantitative estimate of drug-likeness (QED) is 0.571. The first-order valence-corrected chi connectivity index (χ1v) is 7.85. The van der Waals surface area contributed by atoms with Crippen LogP contribution in [0.4, 0.5) is 0 Å². The highest BCUT2D eigenvalue weighted by Gasteiger charge is 2.34. The van der Waals surface area contributed by atoms with E-state index in [1.807, 2.05) is 0 Å². The summed E-state index contributed by atoms with van der Waals surface area (Å²) in [4.78, 5) is 24.2. The molecule has 0 amide bonds. The van der Waals surface area contributed by atoms with Gasteiger partial charge in [-0.15, -0.1) is 0 Å². The van der Waals surface area contributed by atoms with E-state index in [9.17, 15) is 14.7 Å². The second kappa shape index (κ2) is 5.25. The van der Waals surface area contributed by atoms with Crippen molar-refractivity contribution in [2.24, 2.45) is 0 Å². The first-order valence-electron chi connectivity index (χ1n) is 6.73. The molecule has 2 aromatic carbocycles. The fourth-order valence-corrected chi connectivity index (χ4v) is 2.97. The van der Waals surface area contributed by atoms with Crippen molar-refractivity contribution in [3.63, 3.8) is 0 Å². The smallest absolute Gasteiger partial charge is 0.314 e. The molecular formula is C17H13BrO4. The van der Waals surface area contributed by atoms with E-state index in [4.69, 9.17) is 4.42 Å². The van der Waals surface area contributed by atoms with Gasteiger partial charge in [-0.3, -0.25) is 9.59 Å². The van der Waals surface area contributed by atoms with E-state index in [0.717, 1.165) is 0 Å². The molecular weight excluding hydrogens is 348 g/mol. The fourth-order valence-electron chi connectivity index (χ4n) is 2.40. The number of fused-ring (bicyclic) bond motifs is 2. The predicted molar refractivity (Wildman–Crippen MR) is 88.8 cm³/mol. The average Bonchev–Trinajstić information content (AvgIpc) is 2.54. The third-order valence-electron chi connectivity index (χ3n) is 3.95. The summed E-state index contributed by atoms with van der Waals surface area (Å²) in [6, 6.07) is 12.0. The predicted octanol–water partition coefficient (Wildman–Crippen LogP) is 3.68. The van der Waals surface area contributed by atoms with Gasteiger partial charge in [-0.2, -0.15) is 0 Å². The lowest BCUT2D eigenvalue weighted by Gasteiger charge is -2.22. The van der Waals surface area contributed by atoms with Crippen molar-refractivity contribution >= 4 is 43.8 Å². The van der Waals surface area contributed by atoms with Gasteiger partial charge in [-0.25, -0.2) is 0 Å². The second-order valence-corrected chi connectivity index (χ2v) is 5.97. The maximum Gasteiger partial charge on any atom is 0.314 e. The molecule has 0 spiro atoms. The third kappa shape index (κ3) is 2.13. The average molecular weight is 361 g/mol. The molecule has 1 N–H and O–H groups in total. The molecule has 3 rings (SSSR count). The highest BCUT2D eigenvalue weighted by atomic mass is 79.9. The van der Waals surface area contributed by atoms with Crippen LogP contribution in [-0.2, 0) is 10.2 Å². The summed E-state index contributed by atoms with van der Waals surface area (Å²) < 4.78 is 5.73. The van der Waals surface area contributed by atoms with E-state index < -0.39 is 11.4 Å². The summed E-state index contributed by atoms with van der Waals surface area (Å²) in [5.41, 5.74) is 0.281. The van der Waals surface area contributed by atoms with Crippen LogP contribution in [0.3, 0.4) is 0 Å². The van der Waals surface area contributed by atoms with Crippen molar-refractivity contribution in [2.75, 3.05) is 5.33 Å². The van der Waals surface area contributed by atoms with Crippen LogP contribution in [0.2, 0.25) is 0 Å². The van der Waals surface area contributed by atoms with E-state index in [1.165, 1.54) is 0 Å². The Labute approximate surface area is 134 Å². The Morgan fingerprint density at radius 3 is 2.55 bits per heavy atom.